The zero-order valence-corrected chi connectivity index (χ0v) is 12.1. The van der Waals surface area contributed by atoms with Crippen molar-refractivity contribution in [3.05, 3.63) is 22.3 Å². The maximum atomic E-state index is 5.75. The number of nitrogens with zero attached hydrogens (tertiary/aromatic N) is 1. The molecule has 0 bridgehead atoms. The molecule has 1 atom stereocenters. The maximum Gasteiger partial charge on any atom is 0.128 e. The van der Waals surface area contributed by atoms with Crippen molar-refractivity contribution in [1.29, 1.82) is 0 Å². The molecule has 4 heteroatoms. The summed E-state index contributed by atoms with van der Waals surface area (Å²) < 4.78 is 1.02. The van der Waals surface area contributed by atoms with E-state index < -0.39 is 0 Å². The molecule has 2 nitrogen and oxygen atoms in total. The second-order valence-corrected chi connectivity index (χ2v) is 5.37. The lowest BCUT2D eigenvalue weighted by Gasteiger charge is -2.10. The fraction of sp³-hybridized carbons (Fsp3) is 0.583. The van der Waals surface area contributed by atoms with Gasteiger partial charge in [-0.05, 0) is 53.2 Å². The number of hydrogen-bond acceptors (Lipinski definition) is 2. The zero-order chi connectivity index (χ0) is 12.0. The minimum atomic E-state index is 0.599. The first-order valence-corrected chi connectivity index (χ1v) is 6.88. The molecule has 1 aromatic heterocycles. The lowest BCUT2D eigenvalue weighted by atomic mass is 10.1. The van der Waals surface area contributed by atoms with E-state index in [4.69, 9.17) is 11.6 Å². The molecular weight excluding hydrogens is 288 g/mol. The standard InChI is InChI=1S/C12H18BrClN2/c1-9(7-14)4-3-5-15-12-10(2)6-11(13)8-16-12/h6,8-9H,3-5,7H2,1-2H3,(H,15,16). The van der Waals surface area contributed by atoms with Gasteiger partial charge in [-0.3, -0.25) is 0 Å². The number of pyridine rings is 1. The summed E-state index contributed by atoms with van der Waals surface area (Å²) in [5.74, 6) is 2.32. The van der Waals surface area contributed by atoms with Crippen molar-refractivity contribution in [3.8, 4) is 0 Å². The quantitative estimate of drug-likeness (QED) is 0.629. The molecule has 0 amide bonds. The number of rotatable bonds is 6. The predicted octanol–water partition coefficient (Wildman–Crippen LogP) is 4.22. The summed E-state index contributed by atoms with van der Waals surface area (Å²) in [6.45, 7) is 5.19. The second kappa shape index (κ2) is 7.13. The SMILES string of the molecule is Cc1cc(Br)cnc1NCCCC(C)CCl. The number of nitrogens with one attached hydrogen (secondary N) is 1. The molecule has 0 fully saturated rings. The lowest BCUT2D eigenvalue weighted by molar-refractivity contribution is 0.572. The fourth-order valence-corrected chi connectivity index (χ4v) is 2.06. The van der Waals surface area contributed by atoms with E-state index in [-0.39, 0.29) is 0 Å². The Morgan fingerprint density at radius 2 is 2.31 bits per heavy atom. The first-order chi connectivity index (χ1) is 7.63. The Morgan fingerprint density at radius 3 is 2.94 bits per heavy atom. The summed E-state index contributed by atoms with van der Waals surface area (Å²) in [7, 11) is 0. The van der Waals surface area contributed by atoms with Crippen LogP contribution in [0.25, 0.3) is 0 Å². The van der Waals surface area contributed by atoms with Crippen LogP contribution in [0.5, 0.6) is 0 Å². The van der Waals surface area contributed by atoms with Gasteiger partial charge in [0.05, 0.1) is 0 Å². The highest BCUT2D eigenvalue weighted by atomic mass is 79.9. The third-order valence-corrected chi connectivity index (χ3v) is 3.43. The molecule has 0 radical (unpaired) electrons. The monoisotopic (exact) mass is 304 g/mol. The summed E-state index contributed by atoms with van der Waals surface area (Å²) >= 11 is 9.15. The minimum Gasteiger partial charge on any atom is -0.370 e. The van der Waals surface area contributed by atoms with Crippen LogP contribution in [-0.2, 0) is 0 Å². The van der Waals surface area contributed by atoms with Gasteiger partial charge < -0.3 is 5.32 Å². The van der Waals surface area contributed by atoms with Gasteiger partial charge in [-0.1, -0.05) is 6.92 Å². The third-order valence-electron chi connectivity index (χ3n) is 2.47. The van der Waals surface area contributed by atoms with Gasteiger partial charge in [-0.25, -0.2) is 4.98 Å². The zero-order valence-electron chi connectivity index (χ0n) is 9.76. The Bertz CT molecular complexity index is 331. The molecule has 0 saturated carbocycles. The summed E-state index contributed by atoms with van der Waals surface area (Å²) in [4.78, 5) is 4.33. The molecule has 0 aliphatic rings. The van der Waals surface area contributed by atoms with E-state index in [2.05, 4.69) is 46.1 Å². The van der Waals surface area contributed by atoms with Crippen LogP contribution < -0.4 is 5.32 Å². The van der Waals surface area contributed by atoms with Crippen LogP contribution in [0.15, 0.2) is 16.7 Å². The molecule has 0 aromatic carbocycles. The number of anilines is 1. The van der Waals surface area contributed by atoms with Gasteiger partial charge in [-0.15, -0.1) is 11.6 Å². The Morgan fingerprint density at radius 1 is 1.56 bits per heavy atom. The first-order valence-electron chi connectivity index (χ1n) is 5.55. The normalized spacial score (nSPS) is 12.5. The van der Waals surface area contributed by atoms with E-state index in [9.17, 15) is 0 Å². The minimum absolute atomic E-state index is 0.599. The van der Waals surface area contributed by atoms with E-state index >= 15 is 0 Å². The second-order valence-electron chi connectivity index (χ2n) is 4.15. The van der Waals surface area contributed by atoms with E-state index in [1.54, 1.807) is 0 Å². The predicted molar refractivity (Wildman–Crippen MR) is 74.3 cm³/mol. The van der Waals surface area contributed by atoms with Gasteiger partial charge in [0.2, 0.25) is 0 Å². The van der Waals surface area contributed by atoms with Crippen molar-refractivity contribution in [2.75, 3.05) is 17.7 Å². The molecule has 90 valence electrons. The number of aromatic nitrogens is 1. The molecule has 16 heavy (non-hydrogen) atoms. The number of hydrogen-bond donors (Lipinski definition) is 1. The summed E-state index contributed by atoms with van der Waals surface area (Å²) in [6.07, 6.45) is 4.11. The van der Waals surface area contributed by atoms with Gasteiger partial charge in [0, 0.05) is 23.1 Å². The average molecular weight is 306 g/mol. The fourth-order valence-electron chi connectivity index (χ4n) is 1.46. The Balaban J connectivity index is 2.32. The molecule has 1 N–H and O–H groups in total. The first kappa shape index (κ1) is 13.8. The van der Waals surface area contributed by atoms with E-state index in [0.29, 0.717) is 5.92 Å². The molecule has 1 heterocycles. The highest BCUT2D eigenvalue weighted by Gasteiger charge is 2.01. The number of halogens is 2. The topological polar surface area (TPSA) is 24.9 Å². The molecule has 0 aliphatic carbocycles. The number of aryl methyl sites for hydroxylation is 1. The van der Waals surface area contributed by atoms with Crippen LogP contribution in [0.3, 0.4) is 0 Å². The van der Waals surface area contributed by atoms with Crippen LogP contribution in [0, 0.1) is 12.8 Å². The Kier molecular flexibility index (Phi) is 6.14. The molecule has 0 saturated heterocycles. The smallest absolute Gasteiger partial charge is 0.128 e. The lowest BCUT2D eigenvalue weighted by Crippen LogP contribution is -2.07. The van der Waals surface area contributed by atoms with Crippen molar-refractivity contribution in [3.63, 3.8) is 0 Å². The van der Waals surface area contributed by atoms with Crippen molar-refractivity contribution in [1.82, 2.24) is 4.98 Å². The molecule has 0 aliphatic heterocycles. The number of alkyl halides is 1. The van der Waals surface area contributed by atoms with Gasteiger partial charge in [0.15, 0.2) is 0 Å². The molecule has 0 spiro atoms. The van der Waals surface area contributed by atoms with Crippen LogP contribution in [0.2, 0.25) is 0 Å². The van der Waals surface area contributed by atoms with Gasteiger partial charge >= 0.3 is 0 Å². The van der Waals surface area contributed by atoms with Crippen molar-refractivity contribution < 1.29 is 0 Å². The Labute approximate surface area is 111 Å². The van der Waals surface area contributed by atoms with E-state index in [1.807, 2.05) is 6.20 Å². The summed E-state index contributed by atoms with van der Waals surface area (Å²) in [5, 5.41) is 3.34. The van der Waals surface area contributed by atoms with E-state index in [1.165, 1.54) is 5.56 Å². The summed E-state index contributed by atoms with van der Waals surface area (Å²) in [5.41, 5.74) is 1.17. The van der Waals surface area contributed by atoms with E-state index in [0.717, 1.165) is 35.6 Å². The largest absolute Gasteiger partial charge is 0.370 e. The molecule has 1 unspecified atom stereocenters. The highest BCUT2D eigenvalue weighted by Crippen LogP contribution is 2.17. The Hall–Kier alpha value is -0.280. The average Bonchev–Trinajstić information content (AvgIpc) is 2.26. The molecule has 1 aromatic rings. The van der Waals surface area contributed by atoms with Crippen molar-refractivity contribution in [2.45, 2.75) is 26.7 Å². The molecular formula is C12H18BrClN2. The maximum absolute atomic E-state index is 5.75. The summed E-state index contributed by atoms with van der Waals surface area (Å²) in [6, 6.07) is 2.07. The van der Waals surface area contributed by atoms with Crippen molar-refractivity contribution >= 4 is 33.3 Å². The van der Waals surface area contributed by atoms with Crippen LogP contribution in [0.4, 0.5) is 5.82 Å². The highest BCUT2D eigenvalue weighted by molar-refractivity contribution is 9.10. The van der Waals surface area contributed by atoms with Gasteiger partial charge in [-0.2, -0.15) is 0 Å². The third kappa shape index (κ3) is 4.71. The van der Waals surface area contributed by atoms with Crippen molar-refractivity contribution in [2.24, 2.45) is 5.92 Å². The van der Waals surface area contributed by atoms with Crippen LogP contribution in [-0.4, -0.2) is 17.4 Å². The van der Waals surface area contributed by atoms with Crippen LogP contribution >= 0.6 is 27.5 Å². The van der Waals surface area contributed by atoms with Crippen LogP contribution in [0.1, 0.15) is 25.3 Å². The van der Waals surface area contributed by atoms with Gasteiger partial charge in [0.1, 0.15) is 5.82 Å². The molecule has 1 rings (SSSR count). The van der Waals surface area contributed by atoms with Gasteiger partial charge in [0.25, 0.3) is 0 Å².